The lowest BCUT2D eigenvalue weighted by molar-refractivity contribution is 0.976. The van der Waals surface area contributed by atoms with E-state index in [0.29, 0.717) is 0 Å². The number of halogens is 1. The number of hydrogen-bond donors (Lipinski definition) is 1. The zero-order chi connectivity index (χ0) is 9.97. The van der Waals surface area contributed by atoms with E-state index < -0.39 is 0 Å². The zero-order valence-corrected chi connectivity index (χ0v) is 8.62. The van der Waals surface area contributed by atoms with Crippen LogP contribution in [-0.4, -0.2) is 10.2 Å². The summed E-state index contributed by atoms with van der Waals surface area (Å²) in [4.78, 5) is 0. The number of nitrogens with zero attached hydrogens (tertiary/aromatic N) is 1. The lowest BCUT2D eigenvalue weighted by Gasteiger charge is -2.07. The van der Waals surface area contributed by atoms with Crippen LogP contribution in [-0.2, 0) is 0 Å². The van der Waals surface area contributed by atoms with Crippen LogP contribution in [0.2, 0.25) is 0 Å². The Kier molecular flexibility index (Phi) is 2.55. The lowest BCUT2D eigenvalue weighted by Crippen LogP contribution is -1.93. The number of aromatic nitrogens is 2. The molecule has 1 unspecified atom stereocenters. The molecule has 0 aliphatic rings. The Morgan fingerprint density at radius 2 is 1.93 bits per heavy atom. The van der Waals surface area contributed by atoms with E-state index in [1.807, 2.05) is 18.2 Å². The molecule has 0 radical (unpaired) electrons. The SMILES string of the molecule is Cc1ccc(C(Cl)c2ccn[nH]2)cc1. The van der Waals surface area contributed by atoms with Gasteiger partial charge in [0.05, 0.1) is 5.69 Å². The predicted molar refractivity (Wildman–Crippen MR) is 57.5 cm³/mol. The Bertz CT molecular complexity index is 392. The van der Waals surface area contributed by atoms with Crippen molar-refractivity contribution in [1.82, 2.24) is 10.2 Å². The molecule has 2 aromatic rings. The van der Waals surface area contributed by atoms with Crippen LogP contribution in [0.15, 0.2) is 36.5 Å². The van der Waals surface area contributed by atoms with Crippen molar-refractivity contribution in [1.29, 1.82) is 0 Å². The standard InChI is InChI=1S/C11H11ClN2/c1-8-2-4-9(5-3-8)11(12)10-6-7-13-14-10/h2-7,11H,1H3,(H,13,14). The average molecular weight is 207 g/mol. The monoisotopic (exact) mass is 206 g/mol. The third kappa shape index (κ3) is 1.80. The second kappa shape index (κ2) is 3.84. The molecule has 1 aromatic heterocycles. The molecule has 0 saturated heterocycles. The number of H-pyrrole nitrogens is 1. The number of alkyl halides is 1. The molecular formula is C11H11ClN2. The fraction of sp³-hybridized carbons (Fsp3) is 0.182. The second-order valence-corrected chi connectivity index (χ2v) is 3.72. The normalized spacial score (nSPS) is 12.7. The summed E-state index contributed by atoms with van der Waals surface area (Å²) >= 11 is 6.25. The van der Waals surface area contributed by atoms with Gasteiger partial charge in [0.15, 0.2) is 0 Å². The molecule has 0 bridgehead atoms. The van der Waals surface area contributed by atoms with E-state index in [9.17, 15) is 0 Å². The number of rotatable bonds is 2. The third-order valence-corrected chi connectivity index (χ3v) is 2.65. The van der Waals surface area contributed by atoms with E-state index in [1.165, 1.54) is 5.56 Å². The van der Waals surface area contributed by atoms with Crippen molar-refractivity contribution in [3.05, 3.63) is 53.3 Å². The van der Waals surface area contributed by atoms with E-state index in [-0.39, 0.29) is 5.38 Å². The van der Waals surface area contributed by atoms with E-state index in [2.05, 4.69) is 29.3 Å². The summed E-state index contributed by atoms with van der Waals surface area (Å²) in [5.41, 5.74) is 3.25. The molecule has 14 heavy (non-hydrogen) atoms. The molecule has 0 aliphatic heterocycles. The first-order chi connectivity index (χ1) is 6.77. The Morgan fingerprint density at radius 1 is 1.21 bits per heavy atom. The third-order valence-electron chi connectivity index (χ3n) is 2.17. The minimum Gasteiger partial charge on any atom is -0.281 e. The highest BCUT2D eigenvalue weighted by atomic mass is 35.5. The van der Waals surface area contributed by atoms with Crippen LogP contribution in [0.25, 0.3) is 0 Å². The molecule has 1 heterocycles. The van der Waals surface area contributed by atoms with Crippen molar-refractivity contribution in [2.75, 3.05) is 0 Å². The van der Waals surface area contributed by atoms with Crippen molar-refractivity contribution < 1.29 is 0 Å². The van der Waals surface area contributed by atoms with Crippen molar-refractivity contribution in [2.45, 2.75) is 12.3 Å². The first-order valence-electron chi connectivity index (χ1n) is 4.47. The molecule has 1 atom stereocenters. The van der Waals surface area contributed by atoms with Crippen LogP contribution in [0.5, 0.6) is 0 Å². The molecule has 0 spiro atoms. The maximum atomic E-state index is 6.25. The summed E-state index contributed by atoms with van der Waals surface area (Å²) in [7, 11) is 0. The zero-order valence-electron chi connectivity index (χ0n) is 7.87. The first kappa shape index (κ1) is 9.28. The Labute approximate surface area is 87.9 Å². The summed E-state index contributed by atoms with van der Waals surface area (Å²) in [5.74, 6) is 0. The second-order valence-electron chi connectivity index (χ2n) is 3.29. The molecule has 0 fully saturated rings. The van der Waals surface area contributed by atoms with Crippen molar-refractivity contribution >= 4 is 11.6 Å². The van der Waals surface area contributed by atoms with E-state index in [4.69, 9.17) is 11.6 Å². The van der Waals surface area contributed by atoms with Crippen LogP contribution in [0.4, 0.5) is 0 Å². The Hall–Kier alpha value is -1.28. The quantitative estimate of drug-likeness (QED) is 0.752. The highest BCUT2D eigenvalue weighted by Crippen LogP contribution is 2.26. The summed E-state index contributed by atoms with van der Waals surface area (Å²) in [5, 5.41) is 6.60. The number of benzene rings is 1. The van der Waals surface area contributed by atoms with Crippen LogP contribution in [0, 0.1) is 6.92 Å². The van der Waals surface area contributed by atoms with Crippen molar-refractivity contribution in [2.24, 2.45) is 0 Å². The van der Waals surface area contributed by atoms with Gasteiger partial charge in [-0.15, -0.1) is 11.6 Å². The Morgan fingerprint density at radius 3 is 2.50 bits per heavy atom. The summed E-state index contributed by atoms with van der Waals surface area (Å²) in [6.45, 7) is 2.06. The van der Waals surface area contributed by atoms with Gasteiger partial charge in [0.25, 0.3) is 0 Å². The van der Waals surface area contributed by atoms with Gasteiger partial charge in [0.1, 0.15) is 5.38 Å². The molecule has 3 heteroatoms. The van der Waals surface area contributed by atoms with Crippen molar-refractivity contribution in [3.63, 3.8) is 0 Å². The van der Waals surface area contributed by atoms with Crippen molar-refractivity contribution in [3.8, 4) is 0 Å². The minimum absolute atomic E-state index is 0.141. The number of nitrogens with one attached hydrogen (secondary N) is 1. The van der Waals surface area contributed by atoms with Gasteiger partial charge in [-0.3, -0.25) is 5.10 Å². The van der Waals surface area contributed by atoms with E-state index >= 15 is 0 Å². The molecular weight excluding hydrogens is 196 g/mol. The molecule has 0 amide bonds. The van der Waals surface area contributed by atoms with Gasteiger partial charge < -0.3 is 0 Å². The fourth-order valence-corrected chi connectivity index (χ4v) is 1.59. The van der Waals surface area contributed by atoms with E-state index in [1.54, 1.807) is 6.20 Å². The maximum Gasteiger partial charge on any atom is 0.100 e. The highest BCUT2D eigenvalue weighted by Gasteiger charge is 2.10. The van der Waals surface area contributed by atoms with Gasteiger partial charge in [-0.1, -0.05) is 29.8 Å². The van der Waals surface area contributed by atoms with Gasteiger partial charge in [0, 0.05) is 6.20 Å². The summed E-state index contributed by atoms with van der Waals surface area (Å²) in [6, 6.07) is 10.1. The topological polar surface area (TPSA) is 28.7 Å². The predicted octanol–water partition coefficient (Wildman–Crippen LogP) is 3.05. The number of aryl methyl sites for hydroxylation is 1. The smallest absolute Gasteiger partial charge is 0.100 e. The number of aromatic amines is 1. The lowest BCUT2D eigenvalue weighted by atomic mass is 10.1. The van der Waals surface area contributed by atoms with Gasteiger partial charge in [-0.2, -0.15) is 5.10 Å². The van der Waals surface area contributed by atoms with Gasteiger partial charge in [-0.25, -0.2) is 0 Å². The van der Waals surface area contributed by atoms with E-state index in [0.717, 1.165) is 11.3 Å². The maximum absolute atomic E-state index is 6.25. The number of hydrogen-bond acceptors (Lipinski definition) is 1. The fourth-order valence-electron chi connectivity index (χ4n) is 1.32. The molecule has 0 aliphatic carbocycles. The van der Waals surface area contributed by atoms with Crippen LogP contribution < -0.4 is 0 Å². The first-order valence-corrected chi connectivity index (χ1v) is 4.91. The average Bonchev–Trinajstić information content (AvgIpc) is 2.71. The highest BCUT2D eigenvalue weighted by molar-refractivity contribution is 6.22. The molecule has 1 N–H and O–H groups in total. The largest absolute Gasteiger partial charge is 0.281 e. The van der Waals surface area contributed by atoms with Crippen LogP contribution >= 0.6 is 11.6 Å². The van der Waals surface area contributed by atoms with Gasteiger partial charge >= 0.3 is 0 Å². The summed E-state index contributed by atoms with van der Waals surface area (Å²) < 4.78 is 0. The molecule has 2 rings (SSSR count). The summed E-state index contributed by atoms with van der Waals surface area (Å²) in [6.07, 6.45) is 1.71. The van der Waals surface area contributed by atoms with Gasteiger partial charge in [-0.05, 0) is 18.6 Å². The Balaban J connectivity index is 2.28. The minimum atomic E-state index is -0.141. The molecule has 1 aromatic carbocycles. The van der Waals surface area contributed by atoms with Crippen LogP contribution in [0.3, 0.4) is 0 Å². The molecule has 0 saturated carbocycles. The molecule has 2 nitrogen and oxygen atoms in total. The molecule has 72 valence electrons. The van der Waals surface area contributed by atoms with Gasteiger partial charge in [0.2, 0.25) is 0 Å². The van der Waals surface area contributed by atoms with Crippen LogP contribution in [0.1, 0.15) is 22.2 Å².